The monoisotopic (exact) mass is 246 g/mol. The minimum atomic E-state index is -1.46. The Morgan fingerprint density at radius 1 is 1.44 bits per heavy atom. The van der Waals surface area contributed by atoms with Crippen LogP contribution in [0.25, 0.3) is 0 Å². The Hall–Kier alpha value is -0.655. The van der Waals surface area contributed by atoms with Crippen LogP contribution in [0.1, 0.15) is 5.56 Å². The highest BCUT2D eigenvalue weighted by Gasteiger charge is 2.11. The molecule has 0 spiro atoms. The SMILES string of the molecule is COCCNCc1cncc(B(O)O)c1.Cl. The van der Waals surface area contributed by atoms with Crippen molar-refractivity contribution in [3.8, 4) is 0 Å². The summed E-state index contributed by atoms with van der Waals surface area (Å²) in [4.78, 5) is 3.91. The van der Waals surface area contributed by atoms with Crippen molar-refractivity contribution in [1.29, 1.82) is 0 Å². The summed E-state index contributed by atoms with van der Waals surface area (Å²) in [6.45, 7) is 2.04. The van der Waals surface area contributed by atoms with Crippen molar-refractivity contribution in [2.45, 2.75) is 6.54 Å². The van der Waals surface area contributed by atoms with Crippen LogP contribution in [-0.2, 0) is 11.3 Å². The van der Waals surface area contributed by atoms with E-state index in [0.717, 1.165) is 12.1 Å². The van der Waals surface area contributed by atoms with E-state index in [0.29, 0.717) is 18.6 Å². The van der Waals surface area contributed by atoms with Gasteiger partial charge in [-0.3, -0.25) is 4.98 Å². The van der Waals surface area contributed by atoms with E-state index >= 15 is 0 Å². The van der Waals surface area contributed by atoms with Gasteiger partial charge in [-0.25, -0.2) is 0 Å². The van der Waals surface area contributed by atoms with Gasteiger partial charge in [0.1, 0.15) is 0 Å². The number of nitrogens with zero attached hydrogens (tertiary/aromatic N) is 1. The highest BCUT2D eigenvalue weighted by Crippen LogP contribution is 1.93. The minimum Gasteiger partial charge on any atom is -0.423 e. The first-order chi connectivity index (χ1) is 7.24. The third-order valence-electron chi connectivity index (χ3n) is 1.93. The molecule has 0 amide bonds. The summed E-state index contributed by atoms with van der Waals surface area (Å²) in [6, 6.07) is 1.71. The highest BCUT2D eigenvalue weighted by atomic mass is 35.5. The van der Waals surface area contributed by atoms with Crippen LogP contribution in [0.15, 0.2) is 18.5 Å². The fourth-order valence-electron chi connectivity index (χ4n) is 1.15. The third-order valence-corrected chi connectivity index (χ3v) is 1.93. The van der Waals surface area contributed by atoms with Crippen molar-refractivity contribution in [3.63, 3.8) is 0 Å². The lowest BCUT2D eigenvalue weighted by Gasteiger charge is -2.05. The maximum Gasteiger partial charge on any atom is 0.490 e. The number of methoxy groups -OCH3 is 1. The van der Waals surface area contributed by atoms with E-state index in [-0.39, 0.29) is 12.4 Å². The molecule has 0 bridgehead atoms. The Morgan fingerprint density at radius 3 is 2.81 bits per heavy atom. The average molecular weight is 247 g/mol. The van der Waals surface area contributed by atoms with Crippen molar-refractivity contribution < 1.29 is 14.8 Å². The van der Waals surface area contributed by atoms with Crippen LogP contribution >= 0.6 is 12.4 Å². The molecule has 0 aliphatic carbocycles. The Labute approximate surface area is 101 Å². The third kappa shape index (κ3) is 5.43. The molecule has 0 unspecified atom stereocenters. The number of halogens is 1. The Bertz CT molecular complexity index is 302. The molecule has 7 heteroatoms. The summed E-state index contributed by atoms with van der Waals surface area (Å²) in [5.74, 6) is 0. The molecule has 0 saturated heterocycles. The van der Waals surface area contributed by atoms with Crippen molar-refractivity contribution >= 4 is 25.0 Å². The van der Waals surface area contributed by atoms with E-state index in [1.165, 1.54) is 6.20 Å². The summed E-state index contributed by atoms with van der Waals surface area (Å²) in [5, 5.41) is 21.0. The van der Waals surface area contributed by atoms with Gasteiger partial charge >= 0.3 is 7.12 Å². The fourth-order valence-corrected chi connectivity index (χ4v) is 1.15. The molecule has 0 atom stereocenters. The molecule has 0 fully saturated rings. The Kier molecular flexibility index (Phi) is 8.14. The van der Waals surface area contributed by atoms with Crippen molar-refractivity contribution in [2.75, 3.05) is 20.3 Å². The average Bonchev–Trinajstić information content (AvgIpc) is 2.25. The number of hydrogen-bond donors (Lipinski definition) is 3. The summed E-state index contributed by atoms with van der Waals surface area (Å²) in [6.07, 6.45) is 3.12. The highest BCUT2D eigenvalue weighted by molar-refractivity contribution is 6.58. The molecule has 1 aromatic rings. The van der Waals surface area contributed by atoms with E-state index < -0.39 is 7.12 Å². The van der Waals surface area contributed by atoms with Crippen molar-refractivity contribution in [2.24, 2.45) is 0 Å². The number of rotatable bonds is 6. The number of nitrogens with one attached hydrogen (secondary N) is 1. The van der Waals surface area contributed by atoms with Crippen LogP contribution in [0.3, 0.4) is 0 Å². The van der Waals surface area contributed by atoms with Crippen molar-refractivity contribution in [3.05, 3.63) is 24.0 Å². The molecule has 1 heterocycles. The van der Waals surface area contributed by atoms with E-state index in [9.17, 15) is 0 Å². The molecule has 1 aromatic heterocycles. The van der Waals surface area contributed by atoms with Gasteiger partial charge in [0.25, 0.3) is 0 Å². The molecule has 0 saturated carbocycles. The van der Waals surface area contributed by atoms with E-state index in [1.54, 1.807) is 19.4 Å². The Balaban J connectivity index is 0.00000225. The van der Waals surface area contributed by atoms with Crippen LogP contribution in [0.5, 0.6) is 0 Å². The lowest BCUT2D eigenvalue weighted by molar-refractivity contribution is 0.199. The second-order valence-corrected chi connectivity index (χ2v) is 3.17. The van der Waals surface area contributed by atoms with Gasteiger partial charge in [-0.1, -0.05) is 6.07 Å². The van der Waals surface area contributed by atoms with Gasteiger partial charge in [0.15, 0.2) is 0 Å². The Morgan fingerprint density at radius 2 is 2.19 bits per heavy atom. The zero-order chi connectivity index (χ0) is 11.1. The maximum absolute atomic E-state index is 8.93. The molecule has 1 rings (SSSR count). The zero-order valence-corrected chi connectivity index (χ0v) is 9.91. The minimum absolute atomic E-state index is 0. The largest absolute Gasteiger partial charge is 0.490 e. The molecule has 0 aromatic carbocycles. The lowest BCUT2D eigenvalue weighted by Crippen LogP contribution is -2.31. The van der Waals surface area contributed by atoms with Gasteiger partial charge in [0.2, 0.25) is 0 Å². The zero-order valence-electron chi connectivity index (χ0n) is 9.09. The summed E-state index contributed by atoms with van der Waals surface area (Å²) in [7, 11) is 0.183. The molecule has 0 aliphatic heterocycles. The van der Waals surface area contributed by atoms with Gasteiger partial charge in [0.05, 0.1) is 6.61 Å². The molecule has 16 heavy (non-hydrogen) atoms. The summed E-state index contributed by atoms with van der Waals surface area (Å²) < 4.78 is 4.88. The van der Waals surface area contributed by atoms with E-state index in [1.807, 2.05) is 0 Å². The van der Waals surface area contributed by atoms with Gasteiger partial charge in [-0.15, -0.1) is 12.4 Å². The molecule has 90 valence electrons. The van der Waals surface area contributed by atoms with E-state index in [4.69, 9.17) is 14.8 Å². The first kappa shape index (κ1) is 15.3. The molecular weight excluding hydrogens is 230 g/mol. The van der Waals surface area contributed by atoms with Gasteiger partial charge in [-0.05, 0) is 5.56 Å². The first-order valence-electron chi connectivity index (χ1n) is 4.73. The van der Waals surface area contributed by atoms with Gasteiger partial charge in [0, 0.05) is 38.1 Å². The van der Waals surface area contributed by atoms with Crippen LogP contribution < -0.4 is 10.8 Å². The summed E-state index contributed by atoms with van der Waals surface area (Å²) in [5.41, 5.74) is 1.32. The number of aromatic nitrogens is 1. The fraction of sp³-hybridized carbons (Fsp3) is 0.444. The smallest absolute Gasteiger partial charge is 0.423 e. The number of pyridine rings is 1. The summed E-state index contributed by atoms with van der Waals surface area (Å²) >= 11 is 0. The second-order valence-electron chi connectivity index (χ2n) is 3.17. The van der Waals surface area contributed by atoms with Crippen LogP contribution in [0, 0.1) is 0 Å². The molecular formula is C9H16BClN2O3. The van der Waals surface area contributed by atoms with Gasteiger partial charge in [-0.2, -0.15) is 0 Å². The normalized spacial score (nSPS) is 9.69. The molecule has 0 aliphatic rings. The first-order valence-corrected chi connectivity index (χ1v) is 4.73. The van der Waals surface area contributed by atoms with Crippen LogP contribution in [-0.4, -0.2) is 42.4 Å². The lowest BCUT2D eigenvalue weighted by atomic mass is 9.81. The van der Waals surface area contributed by atoms with Gasteiger partial charge < -0.3 is 20.1 Å². The standard InChI is InChI=1S/C9H15BN2O3.ClH/c1-15-3-2-11-5-8-4-9(10(13)14)7-12-6-8;/h4,6-7,11,13-14H,2-3,5H2,1H3;1H. The molecule has 0 radical (unpaired) electrons. The topological polar surface area (TPSA) is 74.6 Å². The van der Waals surface area contributed by atoms with E-state index in [2.05, 4.69) is 10.3 Å². The van der Waals surface area contributed by atoms with Crippen LogP contribution in [0.2, 0.25) is 0 Å². The second kappa shape index (κ2) is 8.49. The number of ether oxygens (including phenoxy) is 1. The predicted octanol–water partition coefficient (Wildman–Crippen LogP) is -1.08. The maximum atomic E-state index is 8.93. The molecule has 3 N–H and O–H groups in total. The van der Waals surface area contributed by atoms with Crippen molar-refractivity contribution in [1.82, 2.24) is 10.3 Å². The molecule has 5 nitrogen and oxygen atoms in total. The quantitative estimate of drug-likeness (QED) is 0.440. The van der Waals surface area contributed by atoms with Crippen LogP contribution in [0.4, 0.5) is 0 Å². The number of hydrogen-bond acceptors (Lipinski definition) is 5. The predicted molar refractivity (Wildman–Crippen MR) is 64.9 cm³/mol.